The van der Waals surface area contributed by atoms with Crippen LogP contribution in [-0.4, -0.2) is 40.6 Å². The third-order valence-electron chi connectivity index (χ3n) is 7.17. The lowest BCUT2D eigenvalue weighted by Crippen LogP contribution is -2.55. The van der Waals surface area contributed by atoms with Crippen LogP contribution in [0.5, 0.6) is 11.5 Å². The molecular formula is C26H24N2O6. The highest BCUT2D eigenvalue weighted by atomic mass is 16.5. The van der Waals surface area contributed by atoms with Crippen LogP contribution in [0.15, 0.2) is 60.7 Å². The van der Waals surface area contributed by atoms with E-state index >= 15 is 0 Å². The van der Waals surface area contributed by atoms with Gasteiger partial charge in [0.25, 0.3) is 0 Å². The molecule has 34 heavy (non-hydrogen) atoms. The van der Waals surface area contributed by atoms with Gasteiger partial charge in [0.05, 0.1) is 24.6 Å². The lowest BCUT2D eigenvalue weighted by molar-refractivity contribution is -0.149. The van der Waals surface area contributed by atoms with E-state index < -0.39 is 41.2 Å². The van der Waals surface area contributed by atoms with E-state index in [9.17, 15) is 24.6 Å². The number of phenols is 1. The Bertz CT molecular complexity index is 1330. The standard InChI is InChI=1S/C26H24N2O6/c1-3-26(25(32)33)21-20(22(27-26)17-12-11-15(34-2)13-19(17)29)23(30)28(24(21)31)18-10-6-8-14-7-4-5-9-16(14)18/h4-13,20-22,27,29H,3H2,1-2H3,(H,32,33)/t20-,21+,22-,26+/m1/s1. The molecule has 0 aliphatic carbocycles. The largest absolute Gasteiger partial charge is 0.507 e. The molecule has 0 radical (unpaired) electrons. The van der Waals surface area contributed by atoms with Gasteiger partial charge < -0.3 is 14.9 Å². The number of hydrogen-bond donors (Lipinski definition) is 3. The van der Waals surface area contributed by atoms with Crippen LogP contribution >= 0.6 is 0 Å². The molecule has 0 bridgehead atoms. The summed E-state index contributed by atoms with van der Waals surface area (Å²) < 4.78 is 5.15. The fraction of sp³-hybridized carbons (Fsp3) is 0.269. The first-order valence-electron chi connectivity index (χ1n) is 11.1. The van der Waals surface area contributed by atoms with Gasteiger partial charge in [-0.2, -0.15) is 0 Å². The highest BCUT2D eigenvalue weighted by Crippen LogP contribution is 2.52. The van der Waals surface area contributed by atoms with Crippen molar-refractivity contribution < 1.29 is 29.3 Å². The first-order valence-corrected chi connectivity index (χ1v) is 11.1. The molecule has 8 heteroatoms. The van der Waals surface area contributed by atoms with E-state index in [2.05, 4.69) is 5.32 Å². The Kier molecular flexibility index (Phi) is 5.06. The van der Waals surface area contributed by atoms with Gasteiger partial charge in [0.2, 0.25) is 11.8 Å². The molecule has 2 aliphatic rings. The van der Waals surface area contributed by atoms with Crippen molar-refractivity contribution in [3.05, 3.63) is 66.2 Å². The number of carbonyl (C=O) groups excluding carboxylic acids is 2. The number of aromatic hydroxyl groups is 1. The number of rotatable bonds is 5. The number of anilines is 1. The van der Waals surface area contributed by atoms with E-state index in [1.807, 2.05) is 30.3 Å². The summed E-state index contributed by atoms with van der Waals surface area (Å²) in [5, 5.41) is 25.6. The van der Waals surface area contributed by atoms with Gasteiger partial charge in [-0.3, -0.25) is 19.7 Å². The summed E-state index contributed by atoms with van der Waals surface area (Å²) in [6.07, 6.45) is 0.0827. The lowest BCUT2D eigenvalue weighted by Gasteiger charge is -2.30. The number of benzene rings is 3. The lowest BCUT2D eigenvalue weighted by atomic mass is 9.78. The zero-order valence-electron chi connectivity index (χ0n) is 18.7. The van der Waals surface area contributed by atoms with Crippen LogP contribution in [0.4, 0.5) is 5.69 Å². The highest BCUT2D eigenvalue weighted by molar-refractivity contribution is 6.26. The SMILES string of the molecule is CC[C@]1(C(=O)O)N[C@H](c2ccc(OC)cc2O)[C@@H]2C(=O)N(c3cccc4ccccc34)C(=O)[C@H]21. The molecule has 2 aliphatic heterocycles. The predicted octanol–water partition coefficient (Wildman–Crippen LogP) is 3.24. The van der Waals surface area contributed by atoms with E-state index in [1.54, 1.807) is 31.2 Å². The van der Waals surface area contributed by atoms with E-state index in [-0.39, 0.29) is 12.2 Å². The van der Waals surface area contributed by atoms with Gasteiger partial charge in [0, 0.05) is 23.1 Å². The van der Waals surface area contributed by atoms with Gasteiger partial charge in [-0.1, -0.05) is 49.4 Å². The maximum absolute atomic E-state index is 13.9. The molecule has 174 valence electrons. The molecule has 5 rings (SSSR count). The van der Waals surface area contributed by atoms with E-state index in [0.29, 0.717) is 17.0 Å². The van der Waals surface area contributed by atoms with Gasteiger partial charge in [0.1, 0.15) is 17.0 Å². The zero-order valence-corrected chi connectivity index (χ0v) is 18.7. The fourth-order valence-electron chi connectivity index (χ4n) is 5.50. The molecule has 0 aromatic heterocycles. The van der Waals surface area contributed by atoms with E-state index in [1.165, 1.54) is 13.2 Å². The molecule has 0 unspecified atom stereocenters. The number of carboxylic acid groups (broad SMARTS) is 1. The Morgan fingerprint density at radius 1 is 1.09 bits per heavy atom. The Labute approximate surface area is 195 Å². The number of nitrogens with one attached hydrogen (secondary N) is 1. The van der Waals surface area contributed by atoms with Crippen molar-refractivity contribution >= 4 is 34.2 Å². The summed E-state index contributed by atoms with van der Waals surface area (Å²) in [6, 6.07) is 16.5. The summed E-state index contributed by atoms with van der Waals surface area (Å²) in [6.45, 7) is 1.67. The predicted molar refractivity (Wildman–Crippen MR) is 125 cm³/mol. The summed E-state index contributed by atoms with van der Waals surface area (Å²) in [5.41, 5.74) is -0.891. The van der Waals surface area contributed by atoms with Crippen molar-refractivity contribution in [3.63, 3.8) is 0 Å². The van der Waals surface area contributed by atoms with Crippen molar-refractivity contribution in [1.82, 2.24) is 5.32 Å². The van der Waals surface area contributed by atoms with Crippen LogP contribution in [0.2, 0.25) is 0 Å². The number of carboxylic acids is 1. The molecule has 0 saturated carbocycles. The first-order chi connectivity index (χ1) is 16.3. The van der Waals surface area contributed by atoms with Crippen LogP contribution in [-0.2, 0) is 14.4 Å². The minimum Gasteiger partial charge on any atom is -0.507 e. The van der Waals surface area contributed by atoms with Gasteiger partial charge in [-0.15, -0.1) is 0 Å². The average molecular weight is 460 g/mol. The van der Waals surface area contributed by atoms with Crippen molar-refractivity contribution in [3.8, 4) is 11.5 Å². The molecular weight excluding hydrogens is 436 g/mol. The normalized spacial score (nSPS) is 26.2. The van der Waals surface area contributed by atoms with E-state index in [0.717, 1.165) is 15.7 Å². The molecule has 2 saturated heterocycles. The number of hydrogen-bond acceptors (Lipinski definition) is 6. The molecule has 8 nitrogen and oxygen atoms in total. The molecule has 3 aromatic carbocycles. The number of amides is 2. The third-order valence-corrected chi connectivity index (χ3v) is 7.17. The number of ether oxygens (including phenoxy) is 1. The number of nitrogens with zero attached hydrogens (tertiary/aromatic N) is 1. The Morgan fingerprint density at radius 3 is 2.50 bits per heavy atom. The molecule has 0 spiro atoms. The van der Waals surface area contributed by atoms with Gasteiger partial charge in [0.15, 0.2) is 0 Å². The van der Waals surface area contributed by atoms with Gasteiger partial charge in [-0.05, 0) is 23.9 Å². The van der Waals surface area contributed by atoms with Crippen molar-refractivity contribution in [2.45, 2.75) is 24.9 Å². The second-order valence-corrected chi connectivity index (χ2v) is 8.69. The molecule has 4 atom stereocenters. The summed E-state index contributed by atoms with van der Waals surface area (Å²) in [5.74, 6) is -4.11. The molecule has 3 N–H and O–H groups in total. The average Bonchev–Trinajstić information content (AvgIpc) is 3.32. The molecule has 2 heterocycles. The Balaban J connectivity index is 1.68. The fourth-order valence-corrected chi connectivity index (χ4v) is 5.50. The molecule has 2 amide bonds. The number of fused-ring (bicyclic) bond motifs is 2. The van der Waals surface area contributed by atoms with Crippen molar-refractivity contribution in [2.75, 3.05) is 12.0 Å². The summed E-state index contributed by atoms with van der Waals surface area (Å²) in [7, 11) is 1.46. The first kappa shape index (κ1) is 21.9. The minimum absolute atomic E-state index is 0.0827. The Morgan fingerprint density at radius 2 is 1.82 bits per heavy atom. The number of methoxy groups -OCH3 is 1. The van der Waals surface area contributed by atoms with Crippen LogP contribution in [0.25, 0.3) is 10.8 Å². The van der Waals surface area contributed by atoms with Gasteiger partial charge >= 0.3 is 5.97 Å². The second-order valence-electron chi connectivity index (χ2n) is 8.69. The monoisotopic (exact) mass is 460 g/mol. The summed E-state index contributed by atoms with van der Waals surface area (Å²) in [4.78, 5) is 41.3. The van der Waals surface area contributed by atoms with Crippen molar-refractivity contribution in [2.24, 2.45) is 11.8 Å². The maximum atomic E-state index is 13.9. The Hall–Kier alpha value is -3.91. The highest BCUT2D eigenvalue weighted by Gasteiger charge is 2.68. The number of imide groups is 1. The van der Waals surface area contributed by atoms with Crippen LogP contribution < -0.4 is 15.0 Å². The number of phenolic OH excluding ortho intramolecular Hbond substituents is 1. The zero-order chi connectivity index (χ0) is 24.2. The topological polar surface area (TPSA) is 116 Å². The van der Waals surface area contributed by atoms with Gasteiger partial charge in [-0.25, -0.2) is 4.90 Å². The van der Waals surface area contributed by atoms with Crippen LogP contribution in [0.3, 0.4) is 0 Å². The number of aliphatic carboxylic acids is 1. The van der Waals surface area contributed by atoms with E-state index in [4.69, 9.17) is 4.74 Å². The smallest absolute Gasteiger partial charge is 0.324 e. The summed E-state index contributed by atoms with van der Waals surface area (Å²) >= 11 is 0. The second kappa shape index (κ2) is 7.85. The minimum atomic E-state index is -1.66. The number of carbonyl (C=O) groups is 3. The maximum Gasteiger partial charge on any atom is 0.324 e. The molecule has 3 aromatic rings. The quantitative estimate of drug-likeness (QED) is 0.501. The van der Waals surface area contributed by atoms with Crippen LogP contribution in [0.1, 0.15) is 24.9 Å². The third kappa shape index (κ3) is 2.92. The van der Waals surface area contributed by atoms with Crippen molar-refractivity contribution in [1.29, 1.82) is 0 Å². The van der Waals surface area contributed by atoms with Crippen LogP contribution in [0, 0.1) is 11.8 Å². The molecule has 2 fully saturated rings.